The summed E-state index contributed by atoms with van der Waals surface area (Å²) >= 11 is 0. The molecule has 0 saturated heterocycles. The molecule has 0 spiro atoms. The monoisotopic (exact) mass is 361 g/mol. The van der Waals surface area contributed by atoms with Gasteiger partial charge in [-0.25, -0.2) is 4.98 Å². The van der Waals surface area contributed by atoms with Crippen molar-refractivity contribution in [2.75, 3.05) is 0 Å². The average molecular weight is 361 g/mol. The van der Waals surface area contributed by atoms with Gasteiger partial charge in [-0.1, -0.05) is 97.1 Å². The zero-order chi connectivity index (χ0) is 19.2. The van der Waals surface area contributed by atoms with Gasteiger partial charge in [-0.3, -0.25) is 4.79 Å². The number of hydrogen-bond acceptors (Lipinski definition) is 2. The molecule has 5 aromatic rings. The summed E-state index contributed by atoms with van der Waals surface area (Å²) in [7, 11) is 0. The Morgan fingerprint density at radius 1 is 0.500 bits per heavy atom. The number of aromatic nitrogens is 1. The maximum atomic E-state index is 11.8. The Hall–Kier alpha value is -3.78. The Morgan fingerprint density at radius 3 is 1.36 bits per heavy atom. The average Bonchev–Trinajstić information content (AvgIpc) is 2.79. The van der Waals surface area contributed by atoms with Gasteiger partial charge in [0.1, 0.15) is 0 Å². The SMILES string of the molecule is O=C(c1ccccc1)c1ccccc1.c1ccc2nc3ccccc3cc2c1. The van der Waals surface area contributed by atoms with Crippen LogP contribution < -0.4 is 0 Å². The van der Waals surface area contributed by atoms with Crippen molar-refractivity contribution in [3.05, 3.63) is 126 Å². The summed E-state index contributed by atoms with van der Waals surface area (Å²) in [6, 6.07) is 37.2. The molecule has 0 saturated carbocycles. The smallest absolute Gasteiger partial charge is 0.193 e. The molecule has 0 N–H and O–H groups in total. The Kier molecular flexibility index (Phi) is 5.21. The molecule has 0 aliphatic heterocycles. The molecule has 5 rings (SSSR count). The van der Waals surface area contributed by atoms with E-state index < -0.39 is 0 Å². The third kappa shape index (κ3) is 3.97. The number of pyridine rings is 1. The molecule has 0 bridgehead atoms. The van der Waals surface area contributed by atoms with Crippen LogP contribution in [0.5, 0.6) is 0 Å². The van der Waals surface area contributed by atoms with Gasteiger partial charge < -0.3 is 0 Å². The highest BCUT2D eigenvalue weighted by Gasteiger charge is 2.06. The van der Waals surface area contributed by atoms with E-state index in [0.717, 1.165) is 22.2 Å². The second kappa shape index (κ2) is 8.28. The number of benzene rings is 4. The second-order valence-electron chi connectivity index (χ2n) is 6.43. The van der Waals surface area contributed by atoms with Crippen LogP contribution in [-0.4, -0.2) is 10.8 Å². The zero-order valence-electron chi connectivity index (χ0n) is 15.3. The van der Waals surface area contributed by atoms with Crippen LogP contribution in [0.1, 0.15) is 15.9 Å². The van der Waals surface area contributed by atoms with Crippen molar-refractivity contribution >= 4 is 27.6 Å². The summed E-state index contributed by atoms with van der Waals surface area (Å²) in [6.07, 6.45) is 0. The molecule has 134 valence electrons. The zero-order valence-corrected chi connectivity index (χ0v) is 15.3. The van der Waals surface area contributed by atoms with E-state index in [4.69, 9.17) is 0 Å². The normalized spacial score (nSPS) is 10.3. The van der Waals surface area contributed by atoms with Crippen LogP contribution in [0.2, 0.25) is 0 Å². The van der Waals surface area contributed by atoms with E-state index in [1.54, 1.807) is 0 Å². The first-order valence-electron chi connectivity index (χ1n) is 9.20. The summed E-state index contributed by atoms with van der Waals surface area (Å²) < 4.78 is 0. The van der Waals surface area contributed by atoms with E-state index >= 15 is 0 Å². The number of carbonyl (C=O) groups excluding carboxylic acids is 1. The van der Waals surface area contributed by atoms with Crippen molar-refractivity contribution in [2.45, 2.75) is 0 Å². The van der Waals surface area contributed by atoms with Gasteiger partial charge in [-0.15, -0.1) is 0 Å². The number of rotatable bonds is 2. The number of carbonyl (C=O) groups is 1. The Bertz CT molecular complexity index is 1070. The van der Waals surface area contributed by atoms with Crippen molar-refractivity contribution in [2.24, 2.45) is 0 Å². The van der Waals surface area contributed by atoms with E-state index in [1.165, 1.54) is 10.8 Å². The predicted molar refractivity (Wildman–Crippen MR) is 116 cm³/mol. The number of nitrogens with zero attached hydrogens (tertiary/aromatic N) is 1. The number of hydrogen-bond donors (Lipinski definition) is 0. The largest absolute Gasteiger partial charge is 0.289 e. The fourth-order valence-electron chi connectivity index (χ4n) is 3.07. The topological polar surface area (TPSA) is 30.0 Å². The van der Waals surface area contributed by atoms with E-state index in [2.05, 4.69) is 23.2 Å². The molecule has 0 fully saturated rings. The number of ketones is 1. The summed E-state index contributed by atoms with van der Waals surface area (Å²) in [6.45, 7) is 0. The number of para-hydroxylation sites is 2. The molecular weight excluding hydrogens is 342 g/mol. The van der Waals surface area contributed by atoms with Crippen molar-refractivity contribution in [1.82, 2.24) is 4.98 Å². The molecule has 0 aliphatic rings. The highest BCUT2D eigenvalue weighted by molar-refractivity contribution is 6.08. The lowest BCUT2D eigenvalue weighted by Gasteiger charge is -1.99. The third-order valence-corrected chi connectivity index (χ3v) is 4.50. The van der Waals surface area contributed by atoms with Gasteiger partial charge in [0.15, 0.2) is 5.78 Å². The molecule has 4 aromatic carbocycles. The first-order chi connectivity index (χ1) is 13.8. The Morgan fingerprint density at radius 2 is 0.893 bits per heavy atom. The molecule has 0 unspecified atom stereocenters. The van der Waals surface area contributed by atoms with Crippen molar-refractivity contribution in [1.29, 1.82) is 0 Å². The molecule has 0 amide bonds. The molecule has 0 atom stereocenters. The molecule has 0 aliphatic carbocycles. The lowest BCUT2D eigenvalue weighted by atomic mass is 10.0. The fourth-order valence-corrected chi connectivity index (χ4v) is 3.07. The van der Waals surface area contributed by atoms with Gasteiger partial charge in [0, 0.05) is 21.9 Å². The van der Waals surface area contributed by atoms with Gasteiger partial charge >= 0.3 is 0 Å². The Balaban J connectivity index is 0.000000137. The van der Waals surface area contributed by atoms with Crippen molar-refractivity contribution in [3.63, 3.8) is 0 Å². The van der Waals surface area contributed by atoms with Crippen molar-refractivity contribution in [3.8, 4) is 0 Å². The van der Waals surface area contributed by atoms with Crippen LogP contribution in [0.4, 0.5) is 0 Å². The summed E-state index contributed by atoms with van der Waals surface area (Å²) in [4.78, 5) is 16.4. The molecular formula is C26H19NO. The van der Waals surface area contributed by atoms with Gasteiger partial charge in [-0.05, 0) is 18.2 Å². The van der Waals surface area contributed by atoms with Gasteiger partial charge in [-0.2, -0.15) is 0 Å². The first kappa shape index (κ1) is 17.6. The summed E-state index contributed by atoms with van der Waals surface area (Å²) in [5.74, 6) is 0.0752. The van der Waals surface area contributed by atoms with Crippen LogP contribution in [-0.2, 0) is 0 Å². The van der Waals surface area contributed by atoms with E-state index in [9.17, 15) is 4.79 Å². The van der Waals surface area contributed by atoms with Crippen molar-refractivity contribution < 1.29 is 4.79 Å². The maximum absolute atomic E-state index is 11.8. The summed E-state index contributed by atoms with van der Waals surface area (Å²) in [5.41, 5.74) is 3.59. The van der Waals surface area contributed by atoms with Gasteiger partial charge in [0.2, 0.25) is 0 Å². The predicted octanol–water partition coefficient (Wildman–Crippen LogP) is 6.31. The van der Waals surface area contributed by atoms with Crippen LogP contribution in [0, 0.1) is 0 Å². The lowest BCUT2D eigenvalue weighted by Crippen LogP contribution is -1.99. The molecule has 1 aromatic heterocycles. The first-order valence-corrected chi connectivity index (χ1v) is 9.20. The van der Waals surface area contributed by atoms with E-state index in [-0.39, 0.29) is 5.78 Å². The van der Waals surface area contributed by atoms with E-state index in [0.29, 0.717) is 0 Å². The van der Waals surface area contributed by atoms with Crippen LogP contribution in [0.25, 0.3) is 21.8 Å². The quantitative estimate of drug-likeness (QED) is 0.272. The van der Waals surface area contributed by atoms with E-state index in [1.807, 2.05) is 97.1 Å². The standard InChI is InChI=1S/C13H9N.C13H10O/c1-3-7-12-10(5-1)9-11-6-2-4-8-13(11)14-12;14-13(11-7-3-1-4-8-11)12-9-5-2-6-10-12/h1-9H;1-10H. The minimum atomic E-state index is 0.0752. The van der Waals surface area contributed by atoms with Gasteiger partial charge in [0.05, 0.1) is 11.0 Å². The van der Waals surface area contributed by atoms with Gasteiger partial charge in [0.25, 0.3) is 0 Å². The number of fused-ring (bicyclic) bond motifs is 2. The molecule has 0 radical (unpaired) electrons. The maximum Gasteiger partial charge on any atom is 0.193 e. The molecule has 28 heavy (non-hydrogen) atoms. The third-order valence-electron chi connectivity index (χ3n) is 4.50. The molecule has 2 heteroatoms. The van der Waals surface area contributed by atoms with Crippen LogP contribution >= 0.6 is 0 Å². The summed E-state index contributed by atoms with van der Waals surface area (Å²) in [5, 5.41) is 2.40. The van der Waals surface area contributed by atoms with Crippen LogP contribution in [0.15, 0.2) is 115 Å². The molecule has 1 heterocycles. The fraction of sp³-hybridized carbons (Fsp3) is 0. The van der Waals surface area contributed by atoms with Crippen LogP contribution in [0.3, 0.4) is 0 Å². The Labute approximate surface area is 164 Å². The minimum absolute atomic E-state index is 0.0752. The molecule has 2 nitrogen and oxygen atoms in total. The second-order valence-corrected chi connectivity index (χ2v) is 6.43. The highest BCUT2D eigenvalue weighted by atomic mass is 16.1. The highest BCUT2D eigenvalue weighted by Crippen LogP contribution is 2.18. The lowest BCUT2D eigenvalue weighted by molar-refractivity contribution is 0.103. The minimum Gasteiger partial charge on any atom is -0.289 e.